The Balaban J connectivity index is 3.08. The van der Waals surface area contributed by atoms with E-state index in [0.29, 0.717) is 12.1 Å². The van der Waals surface area contributed by atoms with Gasteiger partial charge in [0.15, 0.2) is 5.78 Å². The predicted molar refractivity (Wildman–Crippen MR) is 45.8 cm³/mol. The van der Waals surface area contributed by atoms with Crippen LogP contribution in [0.2, 0.25) is 0 Å². The first-order valence-electron chi connectivity index (χ1n) is 3.78. The summed E-state index contributed by atoms with van der Waals surface area (Å²) in [6.07, 6.45) is 0.440. The number of hydrogen-bond acceptors (Lipinski definition) is 4. The van der Waals surface area contributed by atoms with Crippen molar-refractivity contribution in [2.45, 2.75) is 20.3 Å². The third-order valence-electron chi connectivity index (χ3n) is 1.48. The molecule has 0 amide bonds. The fourth-order valence-electron chi connectivity index (χ4n) is 0.915. The van der Waals surface area contributed by atoms with Gasteiger partial charge in [-0.25, -0.2) is 9.97 Å². The van der Waals surface area contributed by atoms with Gasteiger partial charge >= 0.3 is 0 Å². The number of anilines is 1. The third kappa shape index (κ3) is 1.78. The van der Waals surface area contributed by atoms with E-state index in [1.54, 1.807) is 19.9 Å². The molecule has 0 aliphatic rings. The van der Waals surface area contributed by atoms with Crippen molar-refractivity contribution >= 4 is 11.7 Å². The molecule has 0 unspecified atom stereocenters. The SMILES string of the molecule is CCC(=O)c1cc(C)nc(N)n1. The van der Waals surface area contributed by atoms with E-state index in [2.05, 4.69) is 9.97 Å². The highest BCUT2D eigenvalue weighted by atomic mass is 16.1. The number of aromatic nitrogens is 2. The summed E-state index contributed by atoms with van der Waals surface area (Å²) in [4.78, 5) is 18.9. The number of Topliss-reactive ketones (excluding diaryl/α,β-unsaturated/α-hetero) is 1. The number of hydrogen-bond donors (Lipinski definition) is 1. The predicted octanol–water partition coefficient (Wildman–Crippen LogP) is 0.960. The number of nitrogens with two attached hydrogens (primary N) is 1. The zero-order chi connectivity index (χ0) is 9.14. The van der Waals surface area contributed by atoms with E-state index in [1.165, 1.54) is 0 Å². The maximum absolute atomic E-state index is 11.2. The molecular weight excluding hydrogens is 154 g/mol. The molecule has 1 aromatic rings. The summed E-state index contributed by atoms with van der Waals surface area (Å²) in [6.45, 7) is 3.57. The molecule has 2 N–H and O–H groups in total. The molecule has 0 atom stereocenters. The van der Waals surface area contributed by atoms with Crippen molar-refractivity contribution in [3.05, 3.63) is 17.5 Å². The molecule has 12 heavy (non-hydrogen) atoms. The molecule has 1 heterocycles. The first-order valence-corrected chi connectivity index (χ1v) is 3.78. The summed E-state index contributed by atoms with van der Waals surface area (Å²) >= 11 is 0. The second-order valence-corrected chi connectivity index (χ2v) is 2.53. The van der Waals surface area contributed by atoms with Crippen molar-refractivity contribution in [2.24, 2.45) is 0 Å². The van der Waals surface area contributed by atoms with Crippen LogP contribution in [0, 0.1) is 6.92 Å². The van der Waals surface area contributed by atoms with Gasteiger partial charge in [-0.15, -0.1) is 0 Å². The smallest absolute Gasteiger partial charge is 0.220 e. The van der Waals surface area contributed by atoms with Gasteiger partial charge in [-0.2, -0.15) is 0 Å². The molecule has 0 spiro atoms. The van der Waals surface area contributed by atoms with E-state index in [0.717, 1.165) is 5.69 Å². The lowest BCUT2D eigenvalue weighted by atomic mass is 10.2. The quantitative estimate of drug-likeness (QED) is 0.662. The first kappa shape index (κ1) is 8.64. The van der Waals surface area contributed by atoms with Crippen LogP contribution in [0.3, 0.4) is 0 Å². The number of nitrogens with zero attached hydrogens (tertiary/aromatic N) is 2. The van der Waals surface area contributed by atoms with Crippen LogP contribution in [0.1, 0.15) is 29.5 Å². The minimum Gasteiger partial charge on any atom is -0.368 e. The number of rotatable bonds is 2. The van der Waals surface area contributed by atoms with Crippen LogP contribution in [0.15, 0.2) is 6.07 Å². The van der Waals surface area contributed by atoms with E-state index < -0.39 is 0 Å². The van der Waals surface area contributed by atoms with E-state index in [-0.39, 0.29) is 11.7 Å². The van der Waals surface area contributed by atoms with Gasteiger partial charge in [-0.3, -0.25) is 4.79 Å². The molecule has 0 aliphatic carbocycles. The number of carbonyl (C=O) groups excluding carboxylic acids is 1. The van der Waals surface area contributed by atoms with Crippen molar-refractivity contribution in [3.8, 4) is 0 Å². The van der Waals surface area contributed by atoms with E-state index in [4.69, 9.17) is 5.73 Å². The van der Waals surface area contributed by atoms with Gasteiger partial charge in [0.05, 0.1) is 0 Å². The number of nitrogen functional groups attached to an aromatic ring is 1. The van der Waals surface area contributed by atoms with Crippen LogP contribution in [0.5, 0.6) is 0 Å². The van der Waals surface area contributed by atoms with Gasteiger partial charge in [-0.05, 0) is 13.0 Å². The number of ketones is 1. The molecule has 4 heteroatoms. The van der Waals surface area contributed by atoms with Gasteiger partial charge in [0.2, 0.25) is 5.95 Å². The lowest BCUT2D eigenvalue weighted by Crippen LogP contribution is -2.05. The average molecular weight is 165 g/mol. The lowest BCUT2D eigenvalue weighted by Gasteiger charge is -1.99. The van der Waals surface area contributed by atoms with E-state index >= 15 is 0 Å². The third-order valence-corrected chi connectivity index (χ3v) is 1.48. The summed E-state index contributed by atoms with van der Waals surface area (Å²) in [5.74, 6) is 0.152. The average Bonchev–Trinajstić information content (AvgIpc) is 2.01. The molecule has 1 aromatic heterocycles. The summed E-state index contributed by atoms with van der Waals surface area (Å²) in [6, 6.07) is 1.64. The Kier molecular flexibility index (Phi) is 2.38. The highest BCUT2D eigenvalue weighted by molar-refractivity contribution is 5.94. The van der Waals surface area contributed by atoms with Gasteiger partial charge in [-0.1, -0.05) is 6.92 Å². The molecule has 0 fully saturated rings. The molecule has 64 valence electrons. The molecule has 0 radical (unpaired) electrons. The molecule has 1 rings (SSSR count). The number of aryl methyl sites for hydroxylation is 1. The fourth-order valence-corrected chi connectivity index (χ4v) is 0.915. The lowest BCUT2D eigenvalue weighted by molar-refractivity contribution is 0.0983. The molecule has 0 aromatic carbocycles. The molecule has 0 saturated heterocycles. The van der Waals surface area contributed by atoms with Crippen molar-refractivity contribution in [2.75, 3.05) is 5.73 Å². The van der Waals surface area contributed by atoms with Crippen LogP contribution in [-0.2, 0) is 0 Å². The zero-order valence-electron chi connectivity index (χ0n) is 7.16. The summed E-state index contributed by atoms with van der Waals surface area (Å²) in [5, 5.41) is 0. The van der Waals surface area contributed by atoms with Crippen molar-refractivity contribution in [1.82, 2.24) is 9.97 Å². The van der Waals surface area contributed by atoms with Crippen LogP contribution in [-0.4, -0.2) is 15.8 Å². The minimum atomic E-state index is -0.00722. The largest absolute Gasteiger partial charge is 0.368 e. The monoisotopic (exact) mass is 165 g/mol. The van der Waals surface area contributed by atoms with Crippen molar-refractivity contribution < 1.29 is 4.79 Å². The normalized spacial score (nSPS) is 9.83. The summed E-state index contributed by atoms with van der Waals surface area (Å²) in [5.41, 5.74) is 6.50. The maximum atomic E-state index is 11.2. The Morgan fingerprint density at radius 3 is 2.75 bits per heavy atom. The fraction of sp³-hybridized carbons (Fsp3) is 0.375. The molecule has 4 nitrogen and oxygen atoms in total. The standard InChI is InChI=1S/C8H11N3O/c1-3-7(12)6-4-5(2)10-8(9)11-6/h4H,3H2,1-2H3,(H2,9,10,11). The Morgan fingerprint density at radius 2 is 2.25 bits per heavy atom. The summed E-state index contributed by atoms with van der Waals surface area (Å²) < 4.78 is 0. The minimum absolute atomic E-state index is 0.00722. The van der Waals surface area contributed by atoms with Crippen LogP contribution in [0.4, 0.5) is 5.95 Å². The van der Waals surface area contributed by atoms with Gasteiger partial charge in [0.1, 0.15) is 5.69 Å². The Bertz CT molecular complexity index is 289. The highest BCUT2D eigenvalue weighted by Crippen LogP contribution is 2.04. The van der Waals surface area contributed by atoms with Gasteiger partial charge in [0.25, 0.3) is 0 Å². The zero-order valence-corrected chi connectivity index (χ0v) is 7.16. The van der Waals surface area contributed by atoms with Crippen LogP contribution in [0.25, 0.3) is 0 Å². The molecule has 0 aliphatic heterocycles. The second kappa shape index (κ2) is 3.30. The topological polar surface area (TPSA) is 68.9 Å². The van der Waals surface area contributed by atoms with E-state index in [1.807, 2.05) is 0 Å². The Labute approximate surface area is 70.8 Å². The second-order valence-electron chi connectivity index (χ2n) is 2.53. The van der Waals surface area contributed by atoms with Crippen molar-refractivity contribution in [1.29, 1.82) is 0 Å². The Morgan fingerprint density at radius 1 is 1.58 bits per heavy atom. The van der Waals surface area contributed by atoms with Gasteiger partial charge < -0.3 is 5.73 Å². The molecular formula is C8H11N3O. The van der Waals surface area contributed by atoms with Crippen molar-refractivity contribution in [3.63, 3.8) is 0 Å². The van der Waals surface area contributed by atoms with E-state index in [9.17, 15) is 4.79 Å². The molecule has 0 bridgehead atoms. The summed E-state index contributed by atoms with van der Waals surface area (Å²) in [7, 11) is 0. The molecule has 0 saturated carbocycles. The van der Waals surface area contributed by atoms with Gasteiger partial charge in [0, 0.05) is 12.1 Å². The van der Waals surface area contributed by atoms with Crippen LogP contribution >= 0.6 is 0 Å². The highest BCUT2D eigenvalue weighted by Gasteiger charge is 2.06. The van der Waals surface area contributed by atoms with Crippen LogP contribution < -0.4 is 5.73 Å². The number of carbonyl (C=O) groups is 1. The maximum Gasteiger partial charge on any atom is 0.220 e. The first-order chi connectivity index (χ1) is 5.63. The Hall–Kier alpha value is -1.45.